The number of anilines is 2. The highest BCUT2D eigenvalue weighted by atomic mass is 35.5. The molecule has 20 heavy (non-hydrogen) atoms. The van der Waals surface area contributed by atoms with E-state index in [4.69, 9.17) is 26.8 Å². The van der Waals surface area contributed by atoms with Crippen LogP contribution in [0.2, 0.25) is 5.02 Å². The van der Waals surface area contributed by atoms with Crippen molar-refractivity contribution in [2.45, 2.75) is 25.4 Å². The average Bonchev–Trinajstić information content (AvgIpc) is 2.44. The number of nitrogens with two attached hydrogens (primary N) is 1. The lowest BCUT2D eigenvalue weighted by molar-refractivity contribution is -0.118. The lowest BCUT2D eigenvalue weighted by atomic mass is 10.1. The first-order chi connectivity index (χ1) is 9.65. The number of ether oxygens (including phenoxy) is 2. The average molecular weight is 299 g/mol. The van der Waals surface area contributed by atoms with Crippen LogP contribution in [-0.2, 0) is 14.3 Å². The number of rotatable bonds is 5. The third kappa shape index (κ3) is 4.67. The van der Waals surface area contributed by atoms with Crippen molar-refractivity contribution in [3.63, 3.8) is 0 Å². The van der Waals surface area contributed by atoms with Gasteiger partial charge < -0.3 is 20.5 Å². The number of benzene rings is 1. The molecule has 1 aliphatic rings. The standard InChI is InChI=1S/C14H19ClN2O3/c15-12-2-1-10(9-13(12)16)17-14(18)5-8-20-11-3-6-19-7-4-11/h1-2,9,11H,3-8,16H2,(H,17,18). The van der Waals surface area contributed by atoms with E-state index >= 15 is 0 Å². The number of hydrogen-bond acceptors (Lipinski definition) is 4. The Morgan fingerprint density at radius 3 is 2.90 bits per heavy atom. The first-order valence-corrected chi connectivity index (χ1v) is 7.07. The van der Waals surface area contributed by atoms with E-state index in [1.165, 1.54) is 0 Å². The molecule has 0 atom stereocenters. The third-order valence-corrected chi connectivity index (χ3v) is 3.47. The van der Waals surface area contributed by atoms with Crippen LogP contribution >= 0.6 is 11.6 Å². The molecule has 0 saturated carbocycles. The molecular formula is C14H19ClN2O3. The lowest BCUT2D eigenvalue weighted by Crippen LogP contribution is -2.25. The molecule has 2 rings (SSSR count). The Balaban J connectivity index is 1.70. The van der Waals surface area contributed by atoms with Gasteiger partial charge in [-0.1, -0.05) is 11.6 Å². The van der Waals surface area contributed by atoms with Crippen LogP contribution < -0.4 is 11.1 Å². The van der Waals surface area contributed by atoms with Gasteiger partial charge in [0, 0.05) is 18.9 Å². The molecular weight excluding hydrogens is 280 g/mol. The Kier molecular flexibility index (Phi) is 5.64. The van der Waals surface area contributed by atoms with Crippen LogP contribution in [0.4, 0.5) is 11.4 Å². The minimum atomic E-state index is -0.0984. The largest absolute Gasteiger partial charge is 0.397 e. The summed E-state index contributed by atoms with van der Waals surface area (Å²) in [6, 6.07) is 5.01. The number of halogens is 1. The second-order valence-electron chi connectivity index (χ2n) is 4.72. The second-order valence-corrected chi connectivity index (χ2v) is 5.12. The molecule has 1 heterocycles. The van der Waals surface area contributed by atoms with E-state index in [2.05, 4.69) is 5.32 Å². The molecule has 0 aliphatic carbocycles. The maximum atomic E-state index is 11.8. The summed E-state index contributed by atoms with van der Waals surface area (Å²) < 4.78 is 10.9. The van der Waals surface area contributed by atoms with Gasteiger partial charge in [0.15, 0.2) is 0 Å². The zero-order valence-corrected chi connectivity index (χ0v) is 12.0. The monoisotopic (exact) mass is 298 g/mol. The second kappa shape index (κ2) is 7.47. The fourth-order valence-corrected chi connectivity index (χ4v) is 2.12. The SMILES string of the molecule is Nc1cc(NC(=O)CCOC2CCOCC2)ccc1Cl. The lowest BCUT2D eigenvalue weighted by Gasteiger charge is -2.22. The Morgan fingerprint density at radius 2 is 2.20 bits per heavy atom. The molecule has 110 valence electrons. The molecule has 1 saturated heterocycles. The van der Waals surface area contributed by atoms with Crippen molar-refractivity contribution in [1.29, 1.82) is 0 Å². The molecule has 0 unspecified atom stereocenters. The quantitative estimate of drug-likeness (QED) is 0.819. The molecule has 0 aromatic heterocycles. The summed E-state index contributed by atoms with van der Waals surface area (Å²) in [7, 11) is 0. The van der Waals surface area contributed by atoms with Crippen LogP contribution in [0.15, 0.2) is 18.2 Å². The highest BCUT2D eigenvalue weighted by molar-refractivity contribution is 6.33. The van der Waals surface area contributed by atoms with Crippen LogP contribution in [0.5, 0.6) is 0 Å². The highest BCUT2D eigenvalue weighted by Gasteiger charge is 2.14. The van der Waals surface area contributed by atoms with Crippen LogP contribution in [-0.4, -0.2) is 31.8 Å². The van der Waals surface area contributed by atoms with E-state index in [-0.39, 0.29) is 12.0 Å². The van der Waals surface area contributed by atoms with Crippen molar-refractivity contribution in [3.8, 4) is 0 Å². The van der Waals surface area contributed by atoms with Gasteiger partial charge in [-0.05, 0) is 31.0 Å². The van der Waals surface area contributed by atoms with E-state index in [1.54, 1.807) is 18.2 Å². The Labute approximate surface area is 123 Å². The molecule has 3 N–H and O–H groups in total. The summed E-state index contributed by atoms with van der Waals surface area (Å²) in [5.41, 5.74) is 6.76. The number of hydrogen-bond donors (Lipinski definition) is 2. The molecule has 1 aromatic carbocycles. The zero-order valence-electron chi connectivity index (χ0n) is 11.2. The summed E-state index contributed by atoms with van der Waals surface area (Å²) in [4.78, 5) is 11.8. The van der Waals surface area contributed by atoms with Crippen LogP contribution in [0.3, 0.4) is 0 Å². The highest BCUT2D eigenvalue weighted by Crippen LogP contribution is 2.22. The first kappa shape index (κ1) is 15.1. The minimum Gasteiger partial charge on any atom is -0.397 e. The summed E-state index contributed by atoms with van der Waals surface area (Å²) >= 11 is 5.82. The smallest absolute Gasteiger partial charge is 0.226 e. The zero-order chi connectivity index (χ0) is 14.4. The van der Waals surface area contributed by atoms with Gasteiger partial charge in [-0.3, -0.25) is 4.79 Å². The maximum absolute atomic E-state index is 11.8. The Bertz CT molecular complexity index is 462. The van der Waals surface area contributed by atoms with Crippen molar-refractivity contribution in [2.24, 2.45) is 0 Å². The van der Waals surface area contributed by atoms with E-state index < -0.39 is 0 Å². The van der Waals surface area contributed by atoms with Gasteiger partial charge in [0.25, 0.3) is 0 Å². The molecule has 5 nitrogen and oxygen atoms in total. The topological polar surface area (TPSA) is 73.6 Å². The fourth-order valence-electron chi connectivity index (χ4n) is 2.01. The van der Waals surface area contributed by atoms with Gasteiger partial charge in [0.2, 0.25) is 5.91 Å². The van der Waals surface area contributed by atoms with E-state index in [9.17, 15) is 4.79 Å². The summed E-state index contributed by atoms with van der Waals surface area (Å²) in [6.07, 6.45) is 2.33. The third-order valence-electron chi connectivity index (χ3n) is 3.13. The van der Waals surface area contributed by atoms with E-state index in [1.807, 2.05) is 0 Å². The van der Waals surface area contributed by atoms with Crippen molar-refractivity contribution < 1.29 is 14.3 Å². The summed E-state index contributed by atoms with van der Waals surface area (Å²) in [5.74, 6) is -0.0984. The van der Waals surface area contributed by atoms with Crippen molar-refractivity contribution in [3.05, 3.63) is 23.2 Å². The molecule has 0 spiro atoms. The minimum absolute atomic E-state index is 0.0984. The number of nitrogens with one attached hydrogen (secondary N) is 1. The van der Waals surface area contributed by atoms with Gasteiger partial charge >= 0.3 is 0 Å². The number of carbonyl (C=O) groups is 1. The predicted octanol–water partition coefficient (Wildman–Crippen LogP) is 2.45. The van der Waals surface area contributed by atoms with Gasteiger partial charge in [0.1, 0.15) is 0 Å². The van der Waals surface area contributed by atoms with Gasteiger partial charge in [-0.15, -0.1) is 0 Å². The van der Waals surface area contributed by atoms with Crippen molar-refractivity contribution >= 4 is 28.9 Å². The van der Waals surface area contributed by atoms with Crippen molar-refractivity contribution in [1.82, 2.24) is 0 Å². The number of amides is 1. The van der Waals surface area contributed by atoms with Crippen molar-refractivity contribution in [2.75, 3.05) is 30.9 Å². The first-order valence-electron chi connectivity index (χ1n) is 6.69. The fraction of sp³-hybridized carbons (Fsp3) is 0.500. The molecule has 1 aliphatic heterocycles. The molecule has 0 radical (unpaired) electrons. The number of nitrogen functional groups attached to an aromatic ring is 1. The number of carbonyl (C=O) groups excluding carboxylic acids is 1. The predicted molar refractivity (Wildman–Crippen MR) is 78.9 cm³/mol. The molecule has 1 aromatic rings. The maximum Gasteiger partial charge on any atom is 0.226 e. The van der Waals surface area contributed by atoms with E-state index in [0.29, 0.717) is 29.4 Å². The Hall–Kier alpha value is -1.30. The summed E-state index contributed by atoms with van der Waals surface area (Å²) in [5, 5.41) is 3.24. The Morgan fingerprint density at radius 1 is 1.45 bits per heavy atom. The van der Waals surface area contributed by atoms with Crippen LogP contribution in [0.25, 0.3) is 0 Å². The van der Waals surface area contributed by atoms with Gasteiger partial charge in [0.05, 0.1) is 29.8 Å². The normalized spacial score (nSPS) is 16.1. The van der Waals surface area contributed by atoms with Crippen LogP contribution in [0.1, 0.15) is 19.3 Å². The van der Waals surface area contributed by atoms with Gasteiger partial charge in [-0.25, -0.2) is 0 Å². The van der Waals surface area contributed by atoms with Gasteiger partial charge in [-0.2, -0.15) is 0 Å². The molecule has 6 heteroatoms. The summed E-state index contributed by atoms with van der Waals surface area (Å²) in [6.45, 7) is 1.89. The molecule has 1 fully saturated rings. The van der Waals surface area contributed by atoms with Crippen LogP contribution in [0, 0.1) is 0 Å². The molecule has 1 amide bonds. The van der Waals surface area contributed by atoms with E-state index in [0.717, 1.165) is 26.1 Å². The molecule has 0 bridgehead atoms.